The smallest absolute Gasteiger partial charge is 0.0827 e. The Bertz CT molecular complexity index is 351. The summed E-state index contributed by atoms with van der Waals surface area (Å²) in [5.41, 5.74) is 2.89. The number of nitrogens with one attached hydrogen (secondary N) is 1. The first-order valence-electron chi connectivity index (χ1n) is 6.68. The zero-order valence-electron chi connectivity index (χ0n) is 10.9. The van der Waals surface area contributed by atoms with Crippen LogP contribution in [0.15, 0.2) is 24.3 Å². The van der Waals surface area contributed by atoms with Crippen LogP contribution in [0.25, 0.3) is 0 Å². The van der Waals surface area contributed by atoms with Crippen molar-refractivity contribution >= 4 is 0 Å². The Labute approximate surface area is 104 Å². The van der Waals surface area contributed by atoms with Gasteiger partial charge < -0.3 is 10.1 Å². The minimum atomic E-state index is 0.323. The van der Waals surface area contributed by atoms with E-state index in [1.54, 1.807) is 0 Å². The van der Waals surface area contributed by atoms with Crippen molar-refractivity contribution in [2.45, 2.75) is 44.8 Å². The van der Waals surface area contributed by atoms with Gasteiger partial charge in [0, 0.05) is 6.04 Å². The normalized spacial score (nSPS) is 20.9. The van der Waals surface area contributed by atoms with Crippen LogP contribution >= 0.6 is 0 Å². The maximum absolute atomic E-state index is 5.90. The third-order valence-electron chi connectivity index (χ3n) is 3.69. The first-order valence-corrected chi connectivity index (χ1v) is 6.68. The molecule has 1 heterocycles. The van der Waals surface area contributed by atoms with E-state index in [0.29, 0.717) is 12.1 Å². The van der Waals surface area contributed by atoms with Gasteiger partial charge in [-0.1, -0.05) is 24.3 Å². The molecule has 0 amide bonds. The highest BCUT2D eigenvalue weighted by Gasteiger charge is 2.19. The number of rotatable bonds is 5. The van der Waals surface area contributed by atoms with Crippen LogP contribution in [-0.4, -0.2) is 19.7 Å². The van der Waals surface area contributed by atoms with E-state index >= 15 is 0 Å². The Morgan fingerprint density at radius 3 is 3.06 bits per heavy atom. The van der Waals surface area contributed by atoms with Gasteiger partial charge in [0.1, 0.15) is 0 Å². The number of hydrogen-bond donors (Lipinski definition) is 1. The predicted molar refractivity (Wildman–Crippen MR) is 71.2 cm³/mol. The molecule has 0 aromatic heterocycles. The fourth-order valence-electron chi connectivity index (χ4n) is 2.47. The summed E-state index contributed by atoms with van der Waals surface area (Å²) in [4.78, 5) is 0. The third kappa shape index (κ3) is 3.30. The van der Waals surface area contributed by atoms with E-state index in [-0.39, 0.29) is 0 Å². The maximum atomic E-state index is 5.90. The van der Waals surface area contributed by atoms with Gasteiger partial charge in [-0.15, -0.1) is 0 Å². The highest BCUT2D eigenvalue weighted by Crippen LogP contribution is 2.30. The number of ether oxygens (including phenoxy) is 1. The van der Waals surface area contributed by atoms with Gasteiger partial charge >= 0.3 is 0 Å². The minimum absolute atomic E-state index is 0.323. The third-order valence-corrected chi connectivity index (χ3v) is 3.69. The van der Waals surface area contributed by atoms with Crippen LogP contribution in [0.4, 0.5) is 0 Å². The maximum Gasteiger partial charge on any atom is 0.0827 e. The highest BCUT2D eigenvalue weighted by atomic mass is 16.5. The van der Waals surface area contributed by atoms with Crippen molar-refractivity contribution in [2.75, 3.05) is 13.7 Å². The van der Waals surface area contributed by atoms with Crippen molar-refractivity contribution in [3.05, 3.63) is 35.4 Å². The Morgan fingerprint density at radius 1 is 1.41 bits per heavy atom. The second-order valence-electron chi connectivity index (χ2n) is 4.93. The van der Waals surface area contributed by atoms with Gasteiger partial charge in [0.2, 0.25) is 0 Å². The zero-order valence-corrected chi connectivity index (χ0v) is 10.9. The van der Waals surface area contributed by atoms with Gasteiger partial charge in [-0.25, -0.2) is 0 Å². The van der Waals surface area contributed by atoms with Crippen molar-refractivity contribution in [1.29, 1.82) is 0 Å². The monoisotopic (exact) mass is 233 g/mol. The quantitative estimate of drug-likeness (QED) is 0.844. The van der Waals surface area contributed by atoms with E-state index in [9.17, 15) is 0 Å². The van der Waals surface area contributed by atoms with E-state index in [1.807, 2.05) is 7.05 Å². The fourth-order valence-corrected chi connectivity index (χ4v) is 2.47. The molecule has 94 valence electrons. The molecule has 2 unspecified atom stereocenters. The van der Waals surface area contributed by atoms with Crippen LogP contribution in [0.2, 0.25) is 0 Å². The summed E-state index contributed by atoms with van der Waals surface area (Å²) in [6.07, 6.45) is 4.98. The first kappa shape index (κ1) is 12.6. The minimum Gasteiger partial charge on any atom is -0.373 e. The second kappa shape index (κ2) is 6.18. The highest BCUT2D eigenvalue weighted by molar-refractivity contribution is 5.30. The Balaban J connectivity index is 1.90. The molecule has 1 aromatic carbocycles. The van der Waals surface area contributed by atoms with E-state index < -0.39 is 0 Å². The molecule has 2 atom stereocenters. The van der Waals surface area contributed by atoms with Gasteiger partial charge in [0.05, 0.1) is 12.7 Å². The number of fused-ring (bicyclic) bond motifs is 1. The van der Waals surface area contributed by atoms with E-state index in [4.69, 9.17) is 4.74 Å². The number of benzene rings is 1. The lowest BCUT2D eigenvalue weighted by Gasteiger charge is -2.26. The molecule has 0 bridgehead atoms. The van der Waals surface area contributed by atoms with Crippen LogP contribution in [0, 0.1) is 0 Å². The molecule has 0 saturated carbocycles. The Kier molecular flexibility index (Phi) is 4.57. The summed E-state index contributed by atoms with van der Waals surface area (Å²) in [5, 5.41) is 3.28. The lowest BCUT2D eigenvalue weighted by molar-refractivity contribution is 0.0345. The molecule has 1 aliphatic heterocycles. The molecule has 0 spiro atoms. The second-order valence-corrected chi connectivity index (χ2v) is 4.93. The molecule has 0 saturated heterocycles. The summed E-state index contributed by atoms with van der Waals surface area (Å²) in [6.45, 7) is 3.11. The van der Waals surface area contributed by atoms with Gasteiger partial charge in [0.25, 0.3) is 0 Å². The summed E-state index contributed by atoms with van der Waals surface area (Å²) in [7, 11) is 2.02. The topological polar surface area (TPSA) is 21.3 Å². The average molecular weight is 233 g/mol. The van der Waals surface area contributed by atoms with Gasteiger partial charge in [-0.3, -0.25) is 0 Å². The average Bonchev–Trinajstić information content (AvgIpc) is 2.39. The van der Waals surface area contributed by atoms with Gasteiger partial charge in [-0.05, 0) is 50.8 Å². The van der Waals surface area contributed by atoms with E-state index in [1.165, 1.54) is 24.0 Å². The van der Waals surface area contributed by atoms with Crippen LogP contribution in [0.5, 0.6) is 0 Å². The van der Waals surface area contributed by atoms with Crippen LogP contribution < -0.4 is 5.32 Å². The zero-order chi connectivity index (χ0) is 12.1. The molecular formula is C15H23NO. The molecule has 2 nitrogen and oxygen atoms in total. The largest absolute Gasteiger partial charge is 0.373 e. The van der Waals surface area contributed by atoms with Crippen molar-refractivity contribution < 1.29 is 4.74 Å². The Hall–Kier alpha value is -0.860. The first-order chi connectivity index (χ1) is 8.31. The van der Waals surface area contributed by atoms with Crippen LogP contribution in [0.1, 0.15) is 43.4 Å². The van der Waals surface area contributed by atoms with Crippen molar-refractivity contribution in [3.63, 3.8) is 0 Å². The summed E-state index contributed by atoms with van der Waals surface area (Å²) in [6, 6.07) is 9.32. The fraction of sp³-hybridized carbons (Fsp3) is 0.600. The summed E-state index contributed by atoms with van der Waals surface area (Å²) >= 11 is 0. The molecule has 1 aromatic rings. The van der Waals surface area contributed by atoms with Crippen LogP contribution in [-0.2, 0) is 11.2 Å². The van der Waals surface area contributed by atoms with E-state index in [0.717, 1.165) is 19.4 Å². The van der Waals surface area contributed by atoms with Crippen LogP contribution in [0.3, 0.4) is 0 Å². The Morgan fingerprint density at radius 2 is 2.24 bits per heavy atom. The molecule has 0 radical (unpaired) electrons. The van der Waals surface area contributed by atoms with Crippen molar-refractivity contribution in [1.82, 2.24) is 5.32 Å². The molecular weight excluding hydrogens is 210 g/mol. The molecule has 2 rings (SSSR count). The molecule has 0 aliphatic carbocycles. The van der Waals surface area contributed by atoms with Crippen molar-refractivity contribution in [3.8, 4) is 0 Å². The summed E-state index contributed by atoms with van der Waals surface area (Å²) in [5.74, 6) is 0. The van der Waals surface area contributed by atoms with Crippen molar-refractivity contribution in [2.24, 2.45) is 0 Å². The summed E-state index contributed by atoms with van der Waals surface area (Å²) < 4.78 is 5.90. The molecule has 2 heteroatoms. The SMILES string of the molecule is CNC(C)CCCC1OCCc2ccccc21. The molecule has 1 N–H and O–H groups in total. The van der Waals surface area contributed by atoms with Gasteiger partial charge in [0.15, 0.2) is 0 Å². The van der Waals surface area contributed by atoms with Gasteiger partial charge in [-0.2, -0.15) is 0 Å². The number of hydrogen-bond acceptors (Lipinski definition) is 2. The van der Waals surface area contributed by atoms with E-state index in [2.05, 4.69) is 36.5 Å². The predicted octanol–water partition coefficient (Wildman–Crippen LogP) is 3.08. The lowest BCUT2D eigenvalue weighted by atomic mass is 9.94. The molecule has 17 heavy (non-hydrogen) atoms. The standard InChI is InChI=1S/C15H23NO/c1-12(16-2)6-5-9-15-14-8-4-3-7-13(14)10-11-17-15/h3-4,7-8,12,15-16H,5-6,9-11H2,1-2H3. The molecule has 0 fully saturated rings. The lowest BCUT2D eigenvalue weighted by Crippen LogP contribution is -2.21. The molecule has 1 aliphatic rings.